The Morgan fingerprint density at radius 1 is 1.21 bits per heavy atom. The summed E-state index contributed by atoms with van der Waals surface area (Å²) in [5.41, 5.74) is -4.64. The number of nitrogens with one attached hydrogen (secondary N) is 1. The minimum absolute atomic E-state index is 0.0381. The van der Waals surface area contributed by atoms with E-state index in [4.69, 9.17) is 0 Å². The normalized spacial score (nSPS) is 22.9. The lowest BCUT2D eigenvalue weighted by atomic mass is 9.56. The fraction of sp³-hybridized carbons (Fsp3) is 0.571. The summed E-state index contributed by atoms with van der Waals surface area (Å²) < 4.78 is 61.8. The molecule has 3 heterocycles. The van der Waals surface area contributed by atoms with E-state index in [1.807, 2.05) is 9.80 Å². The van der Waals surface area contributed by atoms with Crippen LogP contribution in [-0.4, -0.2) is 71.1 Å². The quantitative estimate of drug-likeness (QED) is 0.721. The Labute approximate surface area is 189 Å². The van der Waals surface area contributed by atoms with Crippen LogP contribution in [0.25, 0.3) is 0 Å². The minimum Gasteiger partial charge on any atom is -0.324 e. The van der Waals surface area contributed by atoms with Gasteiger partial charge in [-0.3, -0.25) is 5.10 Å². The Morgan fingerprint density at radius 2 is 1.97 bits per heavy atom. The molecule has 33 heavy (non-hydrogen) atoms. The number of nitrogens with zero attached hydrogens (tertiary/aromatic N) is 4. The Balaban J connectivity index is 1.12. The monoisotopic (exact) mass is 483 g/mol. The van der Waals surface area contributed by atoms with Crippen molar-refractivity contribution in [2.75, 3.05) is 26.2 Å². The van der Waals surface area contributed by atoms with Gasteiger partial charge in [-0.1, -0.05) is 12.1 Å². The second kappa shape index (κ2) is 7.71. The maximum absolute atomic E-state index is 12.8. The number of aromatic nitrogens is 3. The number of sulfone groups is 1. The zero-order chi connectivity index (χ0) is 23.4. The molecule has 12 heteroatoms. The van der Waals surface area contributed by atoms with E-state index in [1.54, 1.807) is 6.07 Å². The molecule has 178 valence electrons. The number of likely N-dealkylation sites (tertiary alicyclic amines) is 2. The summed E-state index contributed by atoms with van der Waals surface area (Å²) in [6.45, 7) is 2.69. The third-order valence-corrected chi connectivity index (χ3v) is 8.57. The maximum atomic E-state index is 12.8. The second-order valence-electron chi connectivity index (χ2n) is 9.52. The zero-order valence-corrected chi connectivity index (χ0v) is 18.6. The average Bonchev–Trinajstić information content (AvgIpc) is 3.39. The molecule has 1 atom stereocenters. The van der Waals surface area contributed by atoms with Crippen LogP contribution in [-0.2, 0) is 16.3 Å². The van der Waals surface area contributed by atoms with Gasteiger partial charge in [0.2, 0.25) is 0 Å². The number of halogens is 3. The van der Waals surface area contributed by atoms with Gasteiger partial charge in [0.15, 0.2) is 0 Å². The molecule has 3 fully saturated rings. The summed E-state index contributed by atoms with van der Waals surface area (Å²) in [5, 5.41) is 6.74. The second-order valence-corrected chi connectivity index (χ2v) is 11.5. The van der Waals surface area contributed by atoms with Gasteiger partial charge < -0.3 is 9.80 Å². The van der Waals surface area contributed by atoms with Gasteiger partial charge >= 0.3 is 11.5 Å². The molecule has 5 rings (SSSR count). The molecule has 1 aliphatic carbocycles. The van der Waals surface area contributed by atoms with E-state index < -0.39 is 20.2 Å². The number of amides is 2. The molecule has 1 N–H and O–H groups in total. The third-order valence-electron chi connectivity index (χ3n) is 7.08. The van der Waals surface area contributed by atoms with E-state index in [-0.39, 0.29) is 23.3 Å². The van der Waals surface area contributed by atoms with Crippen LogP contribution in [0.2, 0.25) is 0 Å². The predicted molar refractivity (Wildman–Crippen MR) is 111 cm³/mol. The van der Waals surface area contributed by atoms with E-state index in [9.17, 15) is 26.4 Å². The summed E-state index contributed by atoms with van der Waals surface area (Å²) >= 11 is 0. The number of urea groups is 1. The van der Waals surface area contributed by atoms with Gasteiger partial charge in [0.05, 0.1) is 4.90 Å². The van der Waals surface area contributed by atoms with Crippen LogP contribution in [0.1, 0.15) is 36.6 Å². The van der Waals surface area contributed by atoms with Crippen molar-refractivity contribution in [1.29, 1.82) is 0 Å². The van der Waals surface area contributed by atoms with Gasteiger partial charge in [-0.05, 0) is 49.3 Å². The largest absolute Gasteiger partial charge is 0.501 e. The molecule has 2 saturated heterocycles. The van der Waals surface area contributed by atoms with Gasteiger partial charge in [-0.25, -0.2) is 18.2 Å². The highest BCUT2D eigenvalue weighted by molar-refractivity contribution is 7.92. The van der Waals surface area contributed by atoms with E-state index >= 15 is 0 Å². The number of benzene rings is 1. The van der Waals surface area contributed by atoms with Crippen molar-refractivity contribution in [2.45, 2.75) is 42.0 Å². The molecule has 1 aromatic carbocycles. The topological polar surface area (TPSA) is 99.3 Å². The number of hydrogen-bond donors (Lipinski definition) is 1. The van der Waals surface area contributed by atoms with Gasteiger partial charge in [0, 0.05) is 37.5 Å². The SMILES string of the molecule is O=C(N1CCC(c2ncn[nH]2)C1)N1CC2(CC(Cc3cccc(S(=O)(=O)C(F)(F)F)c3)C2)C1. The average molecular weight is 484 g/mol. The number of hydrogen-bond acceptors (Lipinski definition) is 5. The Bertz CT molecular complexity index is 1140. The zero-order valence-electron chi connectivity index (χ0n) is 17.8. The lowest BCUT2D eigenvalue weighted by Gasteiger charge is -2.59. The highest BCUT2D eigenvalue weighted by Gasteiger charge is 2.54. The molecule has 1 spiro atoms. The lowest BCUT2D eigenvalue weighted by molar-refractivity contribution is -0.0754. The van der Waals surface area contributed by atoms with Crippen molar-refractivity contribution in [3.05, 3.63) is 42.0 Å². The summed E-state index contributed by atoms with van der Waals surface area (Å²) in [5.74, 6) is 1.25. The van der Waals surface area contributed by atoms with Gasteiger partial charge in [0.1, 0.15) is 12.2 Å². The van der Waals surface area contributed by atoms with Gasteiger partial charge in [0.25, 0.3) is 9.84 Å². The van der Waals surface area contributed by atoms with Crippen molar-refractivity contribution in [1.82, 2.24) is 25.0 Å². The van der Waals surface area contributed by atoms with Crippen molar-refractivity contribution in [3.63, 3.8) is 0 Å². The molecular weight excluding hydrogens is 459 g/mol. The first kappa shape index (κ1) is 22.2. The first-order valence-corrected chi connectivity index (χ1v) is 12.3. The minimum atomic E-state index is -5.34. The molecule has 2 amide bonds. The molecule has 0 radical (unpaired) electrons. The van der Waals surface area contributed by atoms with Crippen LogP contribution in [0.5, 0.6) is 0 Å². The van der Waals surface area contributed by atoms with Crippen LogP contribution < -0.4 is 0 Å². The lowest BCUT2D eigenvalue weighted by Crippen LogP contribution is -2.65. The van der Waals surface area contributed by atoms with Gasteiger partial charge in [-0.15, -0.1) is 0 Å². The van der Waals surface area contributed by atoms with Crippen LogP contribution >= 0.6 is 0 Å². The predicted octanol–water partition coefficient (Wildman–Crippen LogP) is 2.96. The van der Waals surface area contributed by atoms with E-state index in [1.165, 1.54) is 12.4 Å². The molecule has 1 aromatic heterocycles. The summed E-state index contributed by atoms with van der Waals surface area (Å²) in [6, 6.07) is 5.16. The van der Waals surface area contributed by atoms with Gasteiger partial charge in [-0.2, -0.15) is 18.3 Å². The first-order valence-electron chi connectivity index (χ1n) is 10.9. The van der Waals surface area contributed by atoms with E-state index in [0.717, 1.165) is 37.2 Å². The summed E-state index contributed by atoms with van der Waals surface area (Å²) in [4.78, 5) is 20.0. The fourth-order valence-corrected chi connectivity index (χ4v) is 6.37. The van der Waals surface area contributed by atoms with Crippen LogP contribution in [0.15, 0.2) is 35.5 Å². The van der Waals surface area contributed by atoms with E-state index in [0.29, 0.717) is 38.2 Å². The van der Waals surface area contributed by atoms with Crippen LogP contribution in [0.3, 0.4) is 0 Å². The summed E-state index contributed by atoms with van der Waals surface area (Å²) in [7, 11) is -5.34. The van der Waals surface area contributed by atoms with Crippen LogP contribution in [0, 0.1) is 11.3 Å². The van der Waals surface area contributed by atoms with Crippen molar-refractivity contribution < 1.29 is 26.4 Å². The number of alkyl halides is 3. The number of aromatic amines is 1. The molecule has 8 nitrogen and oxygen atoms in total. The van der Waals surface area contributed by atoms with E-state index in [2.05, 4.69) is 15.2 Å². The number of carbonyl (C=O) groups is 1. The van der Waals surface area contributed by atoms with Crippen molar-refractivity contribution >= 4 is 15.9 Å². The van der Waals surface area contributed by atoms with Crippen molar-refractivity contribution in [2.24, 2.45) is 11.3 Å². The Morgan fingerprint density at radius 3 is 2.64 bits per heavy atom. The fourth-order valence-electron chi connectivity index (χ4n) is 5.54. The Kier molecular flexibility index (Phi) is 5.18. The number of H-pyrrole nitrogens is 1. The molecule has 1 saturated carbocycles. The number of carbonyl (C=O) groups excluding carboxylic acids is 1. The molecular formula is C21H24F3N5O3S. The molecule has 1 unspecified atom stereocenters. The number of rotatable bonds is 4. The highest BCUT2D eigenvalue weighted by Crippen LogP contribution is 2.53. The Hall–Kier alpha value is -2.63. The standard InChI is InChI=1S/C21H24F3N5O3S/c22-21(23,24)33(31,32)17-3-1-2-14(7-17)6-15-8-20(9-15)11-29(12-20)19(30)28-5-4-16(10-28)18-25-13-26-27-18/h1-3,7,13,15-16H,4-6,8-12H2,(H,25,26,27). The summed E-state index contributed by atoms with van der Waals surface area (Å²) in [6.07, 6.45) is 4.62. The maximum Gasteiger partial charge on any atom is 0.501 e. The smallest absolute Gasteiger partial charge is 0.324 e. The van der Waals surface area contributed by atoms with Crippen LogP contribution in [0.4, 0.5) is 18.0 Å². The first-order chi connectivity index (χ1) is 15.6. The highest BCUT2D eigenvalue weighted by atomic mass is 32.2. The third kappa shape index (κ3) is 3.98. The molecule has 0 bridgehead atoms. The molecule has 2 aliphatic heterocycles. The molecule has 3 aliphatic rings. The van der Waals surface area contributed by atoms with Crippen molar-refractivity contribution in [3.8, 4) is 0 Å². The molecule has 2 aromatic rings.